The molecule has 1 atom stereocenters. The normalized spacial score (nSPS) is 15.9. The first kappa shape index (κ1) is 39.5. The topological polar surface area (TPSA) is 66.4 Å². The summed E-state index contributed by atoms with van der Waals surface area (Å²) in [6, 6.07) is 8.88. The molecule has 9 heteroatoms. The van der Waals surface area contributed by atoms with Crippen LogP contribution < -0.4 is 9.80 Å². The molecule has 260 valence electrons. The van der Waals surface area contributed by atoms with E-state index in [0.717, 1.165) is 85.2 Å². The third-order valence-corrected chi connectivity index (χ3v) is 8.36. The van der Waals surface area contributed by atoms with Crippen LogP contribution in [0.4, 0.5) is 11.4 Å². The molecule has 0 bridgehead atoms. The van der Waals surface area contributed by atoms with Gasteiger partial charge < -0.3 is 28.9 Å². The van der Waals surface area contributed by atoms with Gasteiger partial charge in [-0.25, -0.2) is 0 Å². The summed E-state index contributed by atoms with van der Waals surface area (Å²) in [5.74, 6) is 0.994. The van der Waals surface area contributed by atoms with E-state index in [2.05, 4.69) is 104 Å². The monoisotopic (exact) mass is 641 g/mol. The fraction of sp³-hybridized carbons (Fsp3) is 0.676. The Labute approximate surface area is 280 Å². The van der Waals surface area contributed by atoms with Gasteiger partial charge in [0, 0.05) is 50.7 Å². The molecule has 0 aromatic carbocycles. The Morgan fingerprint density at radius 1 is 0.783 bits per heavy atom. The molecule has 0 aliphatic carbocycles. The first-order valence-electron chi connectivity index (χ1n) is 17.3. The van der Waals surface area contributed by atoms with E-state index in [0.29, 0.717) is 11.8 Å². The highest BCUT2D eigenvalue weighted by Gasteiger charge is 2.19. The number of hydrogen-bond donors (Lipinski definition) is 0. The molecule has 4 heterocycles. The third-order valence-electron chi connectivity index (χ3n) is 8.36. The minimum atomic E-state index is 0.471. The number of aromatic nitrogens is 2. The fourth-order valence-corrected chi connectivity index (χ4v) is 5.34. The summed E-state index contributed by atoms with van der Waals surface area (Å²) in [6.07, 6.45) is 4.59. The predicted molar refractivity (Wildman–Crippen MR) is 193 cm³/mol. The molecule has 2 aromatic rings. The summed E-state index contributed by atoms with van der Waals surface area (Å²) < 4.78 is 15.4. The van der Waals surface area contributed by atoms with Crippen LogP contribution in [0.5, 0.6) is 0 Å². The minimum Gasteiger partial charge on any atom is -0.505 e. The van der Waals surface area contributed by atoms with E-state index in [4.69, 9.17) is 19.4 Å². The zero-order valence-corrected chi connectivity index (χ0v) is 30.7. The zero-order chi connectivity index (χ0) is 33.9. The van der Waals surface area contributed by atoms with Crippen molar-refractivity contribution in [2.75, 3.05) is 96.7 Å². The lowest BCUT2D eigenvalue weighted by molar-refractivity contribution is 0.122. The summed E-state index contributed by atoms with van der Waals surface area (Å²) in [4.78, 5) is 19.3. The lowest BCUT2D eigenvalue weighted by Crippen LogP contribution is -2.37. The second-order valence-corrected chi connectivity index (χ2v) is 12.5. The molecule has 2 aliphatic rings. The van der Waals surface area contributed by atoms with E-state index in [1.807, 2.05) is 13.0 Å². The average Bonchev–Trinajstić information content (AvgIpc) is 3.08. The van der Waals surface area contributed by atoms with E-state index in [9.17, 15) is 0 Å². The highest BCUT2D eigenvalue weighted by molar-refractivity contribution is 5.52. The van der Waals surface area contributed by atoms with Crippen LogP contribution in [-0.4, -0.2) is 107 Å². The van der Waals surface area contributed by atoms with E-state index in [-0.39, 0.29) is 0 Å². The molecule has 0 radical (unpaired) electrons. The van der Waals surface area contributed by atoms with Crippen molar-refractivity contribution >= 4 is 11.4 Å². The number of anilines is 2. The standard InChI is InChI=1S/C17H29N3O.C16H27N3O.C4H8O/c1-5-19(6-2)13-16-17(20-9-11-21-12-10-20)8-7-15(18-16)14(3)4;1-5-13(2)14-6-7-16(15(17-14)12-18(3)4)19-8-10-20-11-9-19;1-3-4-5-2/h7-8,14H,5-6,9-13H2,1-4H3;6-7,13H,5,8-12H2,1-4H3;3-4H,1-2H3/b;;4-3+. The van der Waals surface area contributed by atoms with Crippen molar-refractivity contribution in [1.82, 2.24) is 19.8 Å². The number of hydrogen-bond acceptors (Lipinski definition) is 9. The Morgan fingerprint density at radius 3 is 1.65 bits per heavy atom. The molecule has 9 nitrogen and oxygen atoms in total. The smallest absolute Gasteiger partial charge is 0.0781 e. The Kier molecular flexibility index (Phi) is 18.8. The molecule has 0 saturated carbocycles. The van der Waals surface area contributed by atoms with E-state index < -0.39 is 0 Å². The SMILES string of the molecule is C/C=C/OC.CCC(C)c1ccc(N2CCOCC2)c(CN(C)C)n1.CCN(CC)Cc1nc(C(C)C)ccc1N1CCOCC1. The van der Waals surface area contributed by atoms with E-state index in [1.165, 1.54) is 34.2 Å². The van der Waals surface area contributed by atoms with Crippen molar-refractivity contribution in [2.24, 2.45) is 0 Å². The van der Waals surface area contributed by atoms with Crippen LogP contribution in [0.3, 0.4) is 0 Å². The van der Waals surface area contributed by atoms with Crippen LogP contribution >= 0.6 is 0 Å². The maximum absolute atomic E-state index is 5.47. The Bertz CT molecular complexity index is 1130. The predicted octanol–water partition coefficient (Wildman–Crippen LogP) is 6.54. The second-order valence-electron chi connectivity index (χ2n) is 12.5. The van der Waals surface area contributed by atoms with Gasteiger partial charge in [0.25, 0.3) is 0 Å². The van der Waals surface area contributed by atoms with Crippen molar-refractivity contribution in [3.05, 3.63) is 59.4 Å². The molecule has 0 spiro atoms. The van der Waals surface area contributed by atoms with Gasteiger partial charge in [-0.15, -0.1) is 0 Å². The molecule has 4 rings (SSSR count). The van der Waals surface area contributed by atoms with Crippen LogP contribution in [0.1, 0.15) is 89.5 Å². The molecule has 2 fully saturated rings. The number of morpholine rings is 2. The summed E-state index contributed by atoms with van der Waals surface area (Å²) >= 11 is 0. The van der Waals surface area contributed by atoms with Gasteiger partial charge in [0.05, 0.1) is 62.6 Å². The van der Waals surface area contributed by atoms with Crippen molar-refractivity contribution < 1.29 is 14.2 Å². The van der Waals surface area contributed by atoms with E-state index in [1.54, 1.807) is 13.4 Å². The van der Waals surface area contributed by atoms with Gasteiger partial charge in [-0.3, -0.25) is 14.9 Å². The quantitative estimate of drug-likeness (QED) is 0.241. The average molecular weight is 641 g/mol. The number of methoxy groups -OCH3 is 1. The number of ether oxygens (including phenoxy) is 3. The molecule has 46 heavy (non-hydrogen) atoms. The molecular formula is C37H64N6O3. The number of pyridine rings is 2. The van der Waals surface area contributed by atoms with Gasteiger partial charge in [0.15, 0.2) is 0 Å². The lowest BCUT2D eigenvalue weighted by atomic mass is 10.0. The summed E-state index contributed by atoms with van der Waals surface area (Å²) in [7, 11) is 5.82. The van der Waals surface area contributed by atoms with Crippen LogP contribution in [0.2, 0.25) is 0 Å². The largest absolute Gasteiger partial charge is 0.505 e. The molecule has 2 aliphatic heterocycles. The molecular weight excluding hydrogens is 576 g/mol. The molecule has 2 saturated heterocycles. The van der Waals surface area contributed by atoms with Gasteiger partial charge in [-0.1, -0.05) is 47.6 Å². The Morgan fingerprint density at radius 2 is 1.26 bits per heavy atom. The van der Waals surface area contributed by atoms with Crippen LogP contribution in [0.15, 0.2) is 36.6 Å². The molecule has 1 unspecified atom stereocenters. The highest BCUT2D eigenvalue weighted by Crippen LogP contribution is 2.26. The Hall–Kier alpha value is -2.72. The van der Waals surface area contributed by atoms with Gasteiger partial charge >= 0.3 is 0 Å². The van der Waals surface area contributed by atoms with Crippen LogP contribution in [0, 0.1) is 0 Å². The van der Waals surface area contributed by atoms with Crippen LogP contribution in [0.25, 0.3) is 0 Å². The molecule has 0 amide bonds. The fourth-order valence-electron chi connectivity index (χ4n) is 5.34. The van der Waals surface area contributed by atoms with E-state index >= 15 is 0 Å². The van der Waals surface area contributed by atoms with Gasteiger partial charge in [0.2, 0.25) is 0 Å². The van der Waals surface area contributed by atoms with Crippen molar-refractivity contribution in [3.63, 3.8) is 0 Å². The van der Waals surface area contributed by atoms with Crippen molar-refractivity contribution in [3.8, 4) is 0 Å². The first-order valence-corrected chi connectivity index (χ1v) is 17.3. The Balaban J connectivity index is 0.000000280. The number of rotatable bonds is 12. The number of allylic oxidation sites excluding steroid dienone is 1. The molecule has 0 N–H and O–H groups in total. The maximum Gasteiger partial charge on any atom is 0.0781 e. The zero-order valence-electron chi connectivity index (χ0n) is 30.7. The number of nitrogens with zero attached hydrogens (tertiary/aromatic N) is 6. The second kappa shape index (κ2) is 22.0. The lowest BCUT2D eigenvalue weighted by Gasteiger charge is -2.31. The summed E-state index contributed by atoms with van der Waals surface area (Å²) in [6.45, 7) is 26.3. The maximum atomic E-state index is 5.47. The first-order chi connectivity index (χ1) is 22.2. The van der Waals surface area contributed by atoms with Crippen LogP contribution in [-0.2, 0) is 27.3 Å². The minimum absolute atomic E-state index is 0.471. The summed E-state index contributed by atoms with van der Waals surface area (Å²) in [5.41, 5.74) is 7.36. The molecule has 2 aromatic heterocycles. The van der Waals surface area contributed by atoms with Crippen molar-refractivity contribution in [2.45, 2.75) is 79.8 Å². The van der Waals surface area contributed by atoms with Crippen molar-refractivity contribution in [1.29, 1.82) is 0 Å². The van der Waals surface area contributed by atoms with Gasteiger partial charge in [-0.2, -0.15) is 0 Å². The van der Waals surface area contributed by atoms with Gasteiger partial charge in [-0.05, 0) is 76.6 Å². The highest BCUT2D eigenvalue weighted by atomic mass is 16.5. The third kappa shape index (κ3) is 13.2. The summed E-state index contributed by atoms with van der Waals surface area (Å²) in [5, 5.41) is 0. The van der Waals surface area contributed by atoms with Gasteiger partial charge in [0.1, 0.15) is 0 Å².